The molecule has 1 aliphatic rings. The van der Waals surface area contributed by atoms with E-state index >= 15 is 0 Å². The standard InChI is InChI=1S/C27H33N5O3/c1-19(2)31-17-23(26(34)28-15-20-8-4-3-5-9-20)25(33)24(18-31)27(35)29-16-21-10-6-11-22(14-21)32-13-7-12-30-32/h6-7,10-14,17-20H,3-5,8-9,15-16H2,1-2H3,(H,28,34)(H,29,35). The smallest absolute Gasteiger partial charge is 0.257 e. The van der Waals surface area contributed by atoms with E-state index in [1.165, 1.54) is 25.5 Å². The van der Waals surface area contributed by atoms with Crippen molar-refractivity contribution in [1.82, 2.24) is 25.0 Å². The summed E-state index contributed by atoms with van der Waals surface area (Å²) in [7, 11) is 0. The van der Waals surface area contributed by atoms with Gasteiger partial charge in [0.25, 0.3) is 11.8 Å². The highest BCUT2D eigenvalue weighted by molar-refractivity contribution is 5.99. The highest BCUT2D eigenvalue weighted by Crippen LogP contribution is 2.22. The Balaban J connectivity index is 1.49. The van der Waals surface area contributed by atoms with Crippen molar-refractivity contribution in [2.24, 2.45) is 5.92 Å². The number of carbonyl (C=O) groups excluding carboxylic acids is 2. The van der Waals surface area contributed by atoms with E-state index in [2.05, 4.69) is 15.7 Å². The van der Waals surface area contributed by atoms with Crippen molar-refractivity contribution in [2.75, 3.05) is 6.54 Å². The van der Waals surface area contributed by atoms with Crippen LogP contribution < -0.4 is 16.1 Å². The van der Waals surface area contributed by atoms with Gasteiger partial charge in [0.1, 0.15) is 11.1 Å². The third-order valence-corrected chi connectivity index (χ3v) is 6.54. The van der Waals surface area contributed by atoms with Gasteiger partial charge >= 0.3 is 0 Å². The Morgan fingerprint density at radius 1 is 1.03 bits per heavy atom. The molecule has 0 bridgehead atoms. The van der Waals surface area contributed by atoms with E-state index < -0.39 is 17.2 Å². The number of rotatable bonds is 8. The lowest BCUT2D eigenvalue weighted by Crippen LogP contribution is -2.37. The first-order valence-electron chi connectivity index (χ1n) is 12.3. The molecule has 2 heterocycles. The maximum atomic E-state index is 13.2. The predicted molar refractivity (Wildman–Crippen MR) is 135 cm³/mol. The van der Waals surface area contributed by atoms with E-state index in [9.17, 15) is 14.4 Å². The first-order chi connectivity index (χ1) is 16.9. The molecule has 1 aliphatic carbocycles. The minimum Gasteiger partial charge on any atom is -0.352 e. The lowest BCUT2D eigenvalue weighted by molar-refractivity contribution is 0.0941. The SMILES string of the molecule is CC(C)n1cc(C(=O)NCc2cccc(-n3cccn3)c2)c(=O)c(C(=O)NCC2CCCCC2)c1. The molecule has 2 N–H and O–H groups in total. The Morgan fingerprint density at radius 3 is 2.40 bits per heavy atom. The third kappa shape index (κ3) is 6.07. The second-order valence-corrected chi connectivity index (χ2v) is 9.47. The molecule has 2 amide bonds. The Hall–Kier alpha value is -3.68. The van der Waals surface area contributed by atoms with Crippen LogP contribution in [0.15, 0.2) is 59.9 Å². The minimum absolute atomic E-state index is 0.00263. The van der Waals surface area contributed by atoms with Crippen molar-refractivity contribution in [3.05, 3.63) is 82.0 Å². The van der Waals surface area contributed by atoms with Crippen molar-refractivity contribution in [1.29, 1.82) is 0 Å². The fourth-order valence-electron chi connectivity index (χ4n) is 4.45. The Labute approximate surface area is 205 Å². The Morgan fingerprint density at radius 2 is 1.74 bits per heavy atom. The number of nitrogens with zero attached hydrogens (tertiary/aromatic N) is 3. The molecule has 184 valence electrons. The number of hydrogen-bond donors (Lipinski definition) is 2. The Bertz CT molecular complexity index is 1220. The first kappa shape index (κ1) is 24.4. The second-order valence-electron chi connectivity index (χ2n) is 9.47. The predicted octanol–water partition coefficient (Wildman–Crippen LogP) is 3.86. The zero-order valence-electron chi connectivity index (χ0n) is 20.4. The molecule has 0 radical (unpaired) electrons. The average Bonchev–Trinajstić information content (AvgIpc) is 3.42. The number of aromatic nitrogens is 3. The van der Waals surface area contributed by atoms with Crippen molar-refractivity contribution >= 4 is 11.8 Å². The topological polar surface area (TPSA) is 98.0 Å². The molecule has 2 aromatic heterocycles. The lowest BCUT2D eigenvalue weighted by atomic mass is 9.89. The van der Waals surface area contributed by atoms with Crippen LogP contribution >= 0.6 is 0 Å². The van der Waals surface area contributed by atoms with E-state index in [0.29, 0.717) is 12.5 Å². The van der Waals surface area contributed by atoms with Crippen molar-refractivity contribution in [2.45, 2.75) is 58.5 Å². The molecule has 0 atom stereocenters. The van der Waals surface area contributed by atoms with Crippen LogP contribution in [-0.2, 0) is 6.54 Å². The zero-order chi connectivity index (χ0) is 24.8. The number of amides is 2. The molecule has 4 rings (SSSR count). The molecule has 1 saturated carbocycles. The van der Waals surface area contributed by atoms with Gasteiger partial charge < -0.3 is 15.2 Å². The van der Waals surface area contributed by atoms with Crippen LogP contribution in [0.4, 0.5) is 0 Å². The summed E-state index contributed by atoms with van der Waals surface area (Å²) in [6, 6.07) is 9.46. The summed E-state index contributed by atoms with van der Waals surface area (Å²) < 4.78 is 3.48. The lowest BCUT2D eigenvalue weighted by Gasteiger charge is -2.22. The quantitative estimate of drug-likeness (QED) is 0.517. The number of nitrogens with one attached hydrogen (secondary N) is 2. The zero-order valence-corrected chi connectivity index (χ0v) is 20.4. The van der Waals surface area contributed by atoms with Crippen LogP contribution in [0, 0.1) is 5.92 Å². The van der Waals surface area contributed by atoms with Gasteiger partial charge in [-0.2, -0.15) is 5.10 Å². The average molecular weight is 476 g/mol. The molecular weight excluding hydrogens is 442 g/mol. The molecule has 0 saturated heterocycles. The van der Waals surface area contributed by atoms with Gasteiger partial charge in [0.15, 0.2) is 0 Å². The molecule has 1 aromatic carbocycles. The van der Waals surface area contributed by atoms with E-state index in [1.807, 2.05) is 50.4 Å². The molecule has 0 aliphatic heterocycles. The molecule has 0 spiro atoms. The number of carbonyl (C=O) groups is 2. The van der Waals surface area contributed by atoms with Crippen LogP contribution in [0.2, 0.25) is 0 Å². The number of benzene rings is 1. The van der Waals surface area contributed by atoms with Crippen molar-refractivity contribution < 1.29 is 9.59 Å². The molecular formula is C27H33N5O3. The number of hydrogen-bond acceptors (Lipinski definition) is 4. The normalized spacial score (nSPS) is 14.1. The summed E-state index contributed by atoms with van der Waals surface area (Å²) in [6.45, 7) is 4.68. The Kier molecular flexibility index (Phi) is 7.80. The summed E-state index contributed by atoms with van der Waals surface area (Å²) in [5.74, 6) is -0.476. The van der Waals surface area contributed by atoms with Gasteiger partial charge in [0, 0.05) is 43.9 Å². The first-order valence-corrected chi connectivity index (χ1v) is 12.3. The fourth-order valence-corrected chi connectivity index (χ4v) is 4.45. The van der Waals surface area contributed by atoms with Gasteiger partial charge in [-0.25, -0.2) is 4.68 Å². The summed E-state index contributed by atoms with van der Waals surface area (Å²) in [4.78, 5) is 39.1. The van der Waals surface area contributed by atoms with E-state index in [4.69, 9.17) is 0 Å². The second kappa shape index (κ2) is 11.2. The van der Waals surface area contributed by atoms with Gasteiger partial charge in [0.05, 0.1) is 5.69 Å². The summed E-state index contributed by atoms with van der Waals surface area (Å²) >= 11 is 0. The maximum absolute atomic E-state index is 13.2. The summed E-state index contributed by atoms with van der Waals surface area (Å²) in [6.07, 6.45) is 12.4. The van der Waals surface area contributed by atoms with Gasteiger partial charge in [-0.05, 0) is 56.4 Å². The summed E-state index contributed by atoms with van der Waals surface area (Å²) in [5.41, 5.74) is 1.17. The molecule has 8 nitrogen and oxygen atoms in total. The molecule has 0 unspecified atom stereocenters. The minimum atomic E-state index is -0.550. The summed E-state index contributed by atoms with van der Waals surface area (Å²) in [5, 5.41) is 9.98. The fraction of sp³-hybridized carbons (Fsp3) is 0.407. The molecule has 35 heavy (non-hydrogen) atoms. The molecule has 8 heteroatoms. The van der Waals surface area contributed by atoms with E-state index in [0.717, 1.165) is 24.1 Å². The van der Waals surface area contributed by atoms with Crippen LogP contribution in [0.3, 0.4) is 0 Å². The largest absolute Gasteiger partial charge is 0.352 e. The monoisotopic (exact) mass is 475 g/mol. The highest BCUT2D eigenvalue weighted by atomic mass is 16.2. The highest BCUT2D eigenvalue weighted by Gasteiger charge is 2.21. The van der Waals surface area contributed by atoms with Gasteiger partial charge in [-0.15, -0.1) is 0 Å². The molecule has 3 aromatic rings. The third-order valence-electron chi connectivity index (χ3n) is 6.54. The van der Waals surface area contributed by atoms with E-state index in [-0.39, 0.29) is 23.7 Å². The van der Waals surface area contributed by atoms with Gasteiger partial charge in [-0.1, -0.05) is 31.4 Å². The molecule has 1 fully saturated rings. The van der Waals surface area contributed by atoms with Crippen LogP contribution in [0.1, 0.15) is 78.3 Å². The maximum Gasteiger partial charge on any atom is 0.257 e. The van der Waals surface area contributed by atoms with Crippen molar-refractivity contribution in [3.8, 4) is 5.69 Å². The van der Waals surface area contributed by atoms with Crippen LogP contribution in [0.25, 0.3) is 5.69 Å². The van der Waals surface area contributed by atoms with E-state index in [1.54, 1.807) is 21.6 Å². The van der Waals surface area contributed by atoms with Crippen LogP contribution in [0.5, 0.6) is 0 Å². The number of pyridine rings is 1. The van der Waals surface area contributed by atoms with Crippen LogP contribution in [-0.4, -0.2) is 32.7 Å². The van der Waals surface area contributed by atoms with Gasteiger partial charge in [-0.3, -0.25) is 14.4 Å². The van der Waals surface area contributed by atoms with Crippen molar-refractivity contribution in [3.63, 3.8) is 0 Å². The van der Waals surface area contributed by atoms with Gasteiger partial charge in [0.2, 0.25) is 5.43 Å².